The smallest absolute Gasteiger partial charge is 0.253 e. The Morgan fingerprint density at radius 3 is 1.47 bits per heavy atom. The molecule has 0 bridgehead atoms. The van der Waals surface area contributed by atoms with Gasteiger partial charge in [-0.2, -0.15) is 0 Å². The van der Waals surface area contributed by atoms with Crippen molar-refractivity contribution < 1.29 is 13.8 Å². The van der Waals surface area contributed by atoms with Gasteiger partial charge in [-0.25, -0.2) is 0 Å². The zero-order valence-electron chi connectivity index (χ0n) is 31.6. The Labute approximate surface area is 317 Å². The van der Waals surface area contributed by atoms with E-state index in [1.807, 2.05) is 115 Å². The van der Waals surface area contributed by atoms with Crippen molar-refractivity contribution in [3.63, 3.8) is 0 Å². The van der Waals surface area contributed by atoms with E-state index >= 15 is 0 Å². The van der Waals surface area contributed by atoms with E-state index in [9.17, 15) is 13.8 Å². The van der Waals surface area contributed by atoms with Crippen LogP contribution in [0.2, 0.25) is 10.0 Å². The van der Waals surface area contributed by atoms with Gasteiger partial charge in [0, 0.05) is 22.4 Å². The molecule has 51 heavy (non-hydrogen) atoms. The number of benzene rings is 4. The molecule has 0 saturated heterocycles. The van der Waals surface area contributed by atoms with Gasteiger partial charge < -0.3 is 20.4 Å². The topological polar surface area (TPSA) is 81.8 Å². The minimum absolute atomic E-state index is 0.151. The zero-order valence-corrected chi connectivity index (χ0v) is 33.9. The summed E-state index contributed by atoms with van der Waals surface area (Å²) in [5.74, 6) is -0.403. The average Bonchev–Trinajstić information content (AvgIpc) is 3.06. The Morgan fingerprint density at radius 1 is 0.647 bits per heavy atom. The van der Waals surface area contributed by atoms with E-state index in [2.05, 4.69) is 48.1 Å². The standard InChI is InChI=1S/C21H27ClN2O2S.C20H25ClN2O/c1-14-12-16(22)13-17(27(6)26)18(14)20(25)23-19(21(2,3)24(4)5)15-10-8-7-9-11-15;1-14-10-9-13-16(21)17(14)19(24)22-18(20(2,3)23(4)5)15-11-7-6-8-12-15/h7-13,19H,1-6H3,(H,23,25);6-13,18H,1-5H3,(H,22,24). The predicted octanol–water partition coefficient (Wildman–Crippen LogP) is 8.66. The number of carbonyl (C=O) groups is 2. The number of hydrogen-bond donors (Lipinski definition) is 2. The molecule has 0 radical (unpaired) electrons. The fraction of sp³-hybridized carbons (Fsp3) is 0.366. The summed E-state index contributed by atoms with van der Waals surface area (Å²) in [6.45, 7) is 12.1. The number of aryl methyl sites for hydroxylation is 2. The van der Waals surface area contributed by atoms with Crippen LogP contribution in [0.1, 0.15) is 82.7 Å². The van der Waals surface area contributed by atoms with E-state index in [1.54, 1.807) is 24.5 Å². The number of nitrogens with one attached hydrogen (secondary N) is 2. The average molecular weight is 752 g/mol. The first kappa shape index (κ1) is 41.9. The third kappa shape index (κ3) is 10.3. The van der Waals surface area contributed by atoms with Crippen LogP contribution in [0.3, 0.4) is 0 Å². The van der Waals surface area contributed by atoms with Gasteiger partial charge in [0.05, 0.1) is 43.9 Å². The van der Waals surface area contributed by atoms with Crippen LogP contribution >= 0.6 is 23.2 Å². The Kier molecular flexibility index (Phi) is 14.6. The molecular weight excluding hydrogens is 699 g/mol. The summed E-state index contributed by atoms with van der Waals surface area (Å²) in [4.78, 5) is 30.8. The highest BCUT2D eigenvalue weighted by molar-refractivity contribution is 7.84. The molecule has 0 saturated carbocycles. The van der Waals surface area contributed by atoms with Crippen molar-refractivity contribution in [3.05, 3.63) is 134 Å². The maximum Gasteiger partial charge on any atom is 0.253 e. The first-order chi connectivity index (χ1) is 23.8. The third-order valence-electron chi connectivity index (χ3n) is 9.78. The second-order valence-electron chi connectivity index (χ2n) is 14.2. The molecule has 7 nitrogen and oxygen atoms in total. The second-order valence-corrected chi connectivity index (χ2v) is 16.4. The molecule has 0 heterocycles. The largest absolute Gasteiger partial charge is 0.343 e. The van der Waals surface area contributed by atoms with Crippen LogP contribution in [0, 0.1) is 13.8 Å². The minimum atomic E-state index is -1.33. The van der Waals surface area contributed by atoms with Crippen molar-refractivity contribution >= 4 is 45.8 Å². The molecule has 0 aliphatic rings. The van der Waals surface area contributed by atoms with E-state index in [0.29, 0.717) is 31.6 Å². The van der Waals surface area contributed by atoms with E-state index in [-0.39, 0.29) is 35.0 Å². The lowest BCUT2D eigenvalue weighted by Gasteiger charge is -2.41. The number of nitrogens with zero attached hydrogens (tertiary/aromatic N) is 2. The Morgan fingerprint density at radius 2 is 1.08 bits per heavy atom. The van der Waals surface area contributed by atoms with Crippen LogP contribution in [0.5, 0.6) is 0 Å². The molecule has 0 aromatic heterocycles. The van der Waals surface area contributed by atoms with E-state index in [0.717, 1.165) is 16.7 Å². The molecule has 0 aliphatic heterocycles. The van der Waals surface area contributed by atoms with Crippen molar-refractivity contribution in [1.82, 2.24) is 20.4 Å². The highest BCUT2D eigenvalue weighted by Gasteiger charge is 2.36. The number of halogens is 2. The summed E-state index contributed by atoms with van der Waals surface area (Å²) in [5.41, 5.74) is 4.00. The van der Waals surface area contributed by atoms with Crippen LogP contribution in [0.4, 0.5) is 0 Å². The summed E-state index contributed by atoms with van der Waals surface area (Å²) < 4.78 is 12.2. The van der Waals surface area contributed by atoms with Crippen LogP contribution < -0.4 is 10.6 Å². The zero-order chi connectivity index (χ0) is 38.3. The molecule has 0 spiro atoms. The summed E-state index contributed by atoms with van der Waals surface area (Å²) in [6.07, 6.45) is 1.56. The first-order valence-electron chi connectivity index (χ1n) is 16.8. The van der Waals surface area contributed by atoms with Gasteiger partial charge in [-0.15, -0.1) is 0 Å². The van der Waals surface area contributed by atoms with Crippen LogP contribution in [-0.4, -0.2) is 71.3 Å². The van der Waals surface area contributed by atoms with Gasteiger partial charge in [0.1, 0.15) is 0 Å². The Hall–Kier alpha value is -3.53. The lowest BCUT2D eigenvalue weighted by molar-refractivity contribution is 0.0832. The SMILES string of the molecule is Cc1cc(Cl)cc(S(C)=O)c1C(=O)NC(c1ccccc1)C(C)(C)N(C)C.Cc1cccc(Cl)c1C(=O)NC(c1ccccc1)C(C)(C)N(C)C. The molecule has 3 unspecified atom stereocenters. The molecule has 4 aromatic rings. The molecular formula is C41H52Cl2N4O3S. The van der Waals surface area contributed by atoms with Crippen LogP contribution in [0.15, 0.2) is 95.9 Å². The fourth-order valence-electron chi connectivity index (χ4n) is 5.70. The predicted molar refractivity (Wildman–Crippen MR) is 214 cm³/mol. The molecule has 0 aliphatic carbocycles. The van der Waals surface area contributed by atoms with Gasteiger partial charge in [-0.05, 0) is 110 Å². The summed E-state index contributed by atoms with van der Waals surface area (Å²) >= 11 is 12.4. The number of amides is 2. The fourth-order valence-corrected chi connectivity index (χ4v) is 7.18. The van der Waals surface area contributed by atoms with Crippen molar-refractivity contribution in [2.75, 3.05) is 34.4 Å². The van der Waals surface area contributed by atoms with Crippen molar-refractivity contribution in [3.8, 4) is 0 Å². The first-order valence-corrected chi connectivity index (χ1v) is 19.1. The van der Waals surface area contributed by atoms with Gasteiger partial charge in [0.2, 0.25) is 0 Å². The minimum Gasteiger partial charge on any atom is -0.343 e. The highest BCUT2D eigenvalue weighted by Crippen LogP contribution is 2.32. The second kappa shape index (κ2) is 17.8. The maximum atomic E-state index is 13.2. The molecule has 0 fully saturated rings. The van der Waals surface area contributed by atoms with Gasteiger partial charge in [0.25, 0.3) is 11.8 Å². The Balaban J connectivity index is 0.000000277. The van der Waals surface area contributed by atoms with Gasteiger partial charge in [-0.1, -0.05) is 96.0 Å². The van der Waals surface area contributed by atoms with Crippen molar-refractivity contribution in [1.29, 1.82) is 0 Å². The van der Waals surface area contributed by atoms with Crippen molar-refractivity contribution in [2.45, 2.75) is 69.6 Å². The molecule has 10 heteroatoms. The summed E-state index contributed by atoms with van der Waals surface area (Å²) in [6, 6.07) is 28.3. The van der Waals surface area contributed by atoms with Gasteiger partial charge in [-0.3, -0.25) is 13.8 Å². The van der Waals surface area contributed by atoms with Crippen LogP contribution in [0.25, 0.3) is 0 Å². The summed E-state index contributed by atoms with van der Waals surface area (Å²) in [5, 5.41) is 7.31. The molecule has 2 N–H and O–H groups in total. The summed E-state index contributed by atoms with van der Waals surface area (Å²) in [7, 11) is 6.68. The third-order valence-corrected chi connectivity index (χ3v) is 11.3. The lowest BCUT2D eigenvalue weighted by atomic mass is 9.87. The van der Waals surface area contributed by atoms with E-state index in [4.69, 9.17) is 23.2 Å². The molecule has 4 aromatic carbocycles. The Bertz CT molecular complexity index is 1810. The monoisotopic (exact) mass is 750 g/mol. The van der Waals surface area contributed by atoms with Gasteiger partial charge in [0.15, 0.2) is 0 Å². The number of carbonyl (C=O) groups excluding carboxylic acids is 2. The normalized spacial score (nSPS) is 13.5. The molecule has 2 amide bonds. The van der Waals surface area contributed by atoms with Crippen molar-refractivity contribution in [2.24, 2.45) is 0 Å². The lowest BCUT2D eigenvalue weighted by Crippen LogP contribution is -2.51. The quantitative estimate of drug-likeness (QED) is 0.160. The molecule has 4 rings (SSSR count). The molecule has 274 valence electrons. The van der Waals surface area contributed by atoms with Gasteiger partial charge >= 0.3 is 0 Å². The number of hydrogen-bond acceptors (Lipinski definition) is 5. The highest BCUT2D eigenvalue weighted by atomic mass is 35.5. The van der Waals surface area contributed by atoms with E-state index < -0.39 is 10.8 Å². The molecule has 3 atom stereocenters. The maximum absolute atomic E-state index is 13.2. The number of rotatable bonds is 11. The number of likely N-dealkylation sites (N-methyl/N-ethyl adjacent to an activating group) is 2. The van der Waals surface area contributed by atoms with E-state index in [1.165, 1.54) is 0 Å². The van der Waals surface area contributed by atoms with Crippen LogP contribution in [-0.2, 0) is 10.8 Å².